The first-order valence-corrected chi connectivity index (χ1v) is 8.82. The average Bonchev–Trinajstić information content (AvgIpc) is 2.77. The summed E-state index contributed by atoms with van der Waals surface area (Å²) in [5.74, 6) is 6.89. The largest absolute Gasteiger partial charge is 0.481 e. The summed E-state index contributed by atoms with van der Waals surface area (Å²) in [6, 6.07) is 17.7. The molecular weight excluding hydrogens is 352 g/mol. The van der Waals surface area contributed by atoms with Crippen LogP contribution in [0.3, 0.4) is 0 Å². The molecule has 0 aliphatic rings. The van der Waals surface area contributed by atoms with Crippen LogP contribution in [0.4, 0.5) is 11.5 Å². The summed E-state index contributed by atoms with van der Waals surface area (Å²) >= 11 is 0. The minimum absolute atomic E-state index is 0.563. The fraction of sp³-hybridized carbons (Fsp3) is 0.0952. The van der Waals surface area contributed by atoms with E-state index in [0.717, 1.165) is 27.7 Å². The Kier molecular flexibility index (Phi) is 4.99. The second-order valence-electron chi connectivity index (χ2n) is 6.21. The molecule has 0 bridgehead atoms. The van der Waals surface area contributed by atoms with E-state index in [9.17, 15) is 0 Å². The second kappa shape index (κ2) is 7.89. The molecule has 0 aliphatic carbocycles. The van der Waals surface area contributed by atoms with Gasteiger partial charge >= 0.3 is 0 Å². The maximum absolute atomic E-state index is 5.65. The number of pyridine rings is 3. The van der Waals surface area contributed by atoms with Crippen molar-refractivity contribution in [1.29, 1.82) is 0 Å². The molecular formula is C21H20N6O. The molecule has 3 heterocycles. The summed E-state index contributed by atoms with van der Waals surface area (Å²) in [7, 11) is 1.59. The SMILES string of the molecule is COc1ccc(-c2ccc(NN)c(NCc3ccc4ncccc4c3)n2)cn1. The van der Waals surface area contributed by atoms with Gasteiger partial charge in [-0.3, -0.25) is 10.8 Å². The molecule has 140 valence electrons. The number of hydrogen-bond acceptors (Lipinski definition) is 7. The van der Waals surface area contributed by atoms with Crippen LogP contribution < -0.4 is 21.3 Å². The number of nitrogens with two attached hydrogens (primary N) is 1. The Balaban J connectivity index is 1.58. The zero-order valence-electron chi connectivity index (χ0n) is 15.4. The number of hydrogen-bond donors (Lipinski definition) is 3. The molecule has 1 aromatic carbocycles. The number of nitrogen functional groups attached to an aromatic ring is 1. The molecule has 28 heavy (non-hydrogen) atoms. The number of fused-ring (bicyclic) bond motifs is 1. The number of nitrogens with one attached hydrogen (secondary N) is 2. The molecule has 0 fully saturated rings. The van der Waals surface area contributed by atoms with Gasteiger partial charge in [0.25, 0.3) is 0 Å². The third-order valence-corrected chi connectivity index (χ3v) is 4.42. The van der Waals surface area contributed by atoms with Crippen molar-refractivity contribution in [2.24, 2.45) is 5.84 Å². The minimum atomic E-state index is 0.563. The Labute approximate surface area is 162 Å². The van der Waals surface area contributed by atoms with Gasteiger partial charge in [-0.15, -0.1) is 0 Å². The van der Waals surface area contributed by atoms with E-state index < -0.39 is 0 Å². The fourth-order valence-corrected chi connectivity index (χ4v) is 2.94. The smallest absolute Gasteiger partial charge is 0.212 e. The van der Waals surface area contributed by atoms with Crippen molar-refractivity contribution in [2.45, 2.75) is 6.54 Å². The van der Waals surface area contributed by atoms with E-state index in [0.29, 0.717) is 23.9 Å². The molecule has 7 nitrogen and oxygen atoms in total. The lowest BCUT2D eigenvalue weighted by Gasteiger charge is -2.13. The second-order valence-corrected chi connectivity index (χ2v) is 6.21. The number of hydrazine groups is 1. The quantitative estimate of drug-likeness (QED) is 0.351. The third kappa shape index (κ3) is 3.70. The molecule has 0 radical (unpaired) electrons. The summed E-state index contributed by atoms with van der Waals surface area (Å²) in [5.41, 5.74) is 7.19. The highest BCUT2D eigenvalue weighted by molar-refractivity contribution is 5.79. The standard InChI is InChI=1S/C21H20N6O/c1-28-20-9-5-16(13-24-20)18-7-8-19(27-22)21(26-18)25-12-14-4-6-17-15(11-14)3-2-10-23-17/h2-11,13,27H,12,22H2,1H3,(H,25,26). The number of rotatable bonds is 6. The predicted octanol–water partition coefficient (Wildman–Crippen LogP) is 3.60. The molecule has 4 rings (SSSR count). The Morgan fingerprint density at radius 3 is 2.75 bits per heavy atom. The molecule has 0 saturated heterocycles. The third-order valence-electron chi connectivity index (χ3n) is 4.42. The van der Waals surface area contributed by atoms with Crippen LogP contribution in [0.5, 0.6) is 5.88 Å². The van der Waals surface area contributed by atoms with Crippen molar-refractivity contribution >= 4 is 22.4 Å². The first-order valence-electron chi connectivity index (χ1n) is 8.82. The van der Waals surface area contributed by atoms with E-state index >= 15 is 0 Å². The van der Waals surface area contributed by atoms with Crippen LogP contribution in [0.2, 0.25) is 0 Å². The highest BCUT2D eigenvalue weighted by atomic mass is 16.5. The molecule has 0 saturated carbocycles. The summed E-state index contributed by atoms with van der Waals surface area (Å²) in [6.07, 6.45) is 3.53. The molecule has 3 aromatic heterocycles. The molecule has 0 atom stereocenters. The van der Waals surface area contributed by atoms with Gasteiger partial charge in [-0.1, -0.05) is 12.1 Å². The predicted molar refractivity (Wildman–Crippen MR) is 111 cm³/mol. The zero-order valence-corrected chi connectivity index (χ0v) is 15.4. The lowest BCUT2D eigenvalue weighted by atomic mass is 10.1. The van der Waals surface area contributed by atoms with Crippen LogP contribution >= 0.6 is 0 Å². The maximum Gasteiger partial charge on any atom is 0.212 e. The Bertz CT molecular complexity index is 1100. The molecule has 0 unspecified atom stereocenters. The maximum atomic E-state index is 5.65. The normalized spacial score (nSPS) is 10.6. The Hall–Kier alpha value is -3.71. The number of ether oxygens (including phenoxy) is 1. The van der Waals surface area contributed by atoms with Crippen LogP contribution in [0.15, 0.2) is 67.0 Å². The van der Waals surface area contributed by atoms with Gasteiger partial charge in [0.15, 0.2) is 5.82 Å². The van der Waals surface area contributed by atoms with Gasteiger partial charge in [0.1, 0.15) is 0 Å². The summed E-state index contributed by atoms with van der Waals surface area (Å²) in [6.45, 7) is 0.608. The van der Waals surface area contributed by atoms with E-state index in [4.69, 9.17) is 15.6 Å². The number of aromatic nitrogens is 3. The topological polar surface area (TPSA) is 98.0 Å². The molecule has 0 amide bonds. The summed E-state index contributed by atoms with van der Waals surface area (Å²) in [4.78, 5) is 13.3. The molecule has 0 spiro atoms. The monoisotopic (exact) mass is 372 g/mol. The van der Waals surface area contributed by atoms with Gasteiger partial charge < -0.3 is 15.5 Å². The first-order chi connectivity index (χ1) is 13.8. The van der Waals surface area contributed by atoms with Gasteiger partial charge in [0.05, 0.1) is 24.0 Å². The number of methoxy groups -OCH3 is 1. The first kappa shape index (κ1) is 17.7. The van der Waals surface area contributed by atoms with E-state index in [1.165, 1.54) is 0 Å². The lowest BCUT2D eigenvalue weighted by Crippen LogP contribution is -2.12. The van der Waals surface area contributed by atoms with Crippen LogP contribution in [0.25, 0.3) is 22.2 Å². The van der Waals surface area contributed by atoms with Crippen molar-refractivity contribution in [3.8, 4) is 17.1 Å². The highest BCUT2D eigenvalue weighted by Gasteiger charge is 2.08. The molecule has 4 N–H and O–H groups in total. The fourth-order valence-electron chi connectivity index (χ4n) is 2.94. The number of benzene rings is 1. The van der Waals surface area contributed by atoms with Crippen LogP contribution in [0.1, 0.15) is 5.56 Å². The van der Waals surface area contributed by atoms with Crippen LogP contribution in [-0.2, 0) is 6.54 Å². The van der Waals surface area contributed by atoms with Gasteiger partial charge in [-0.25, -0.2) is 9.97 Å². The van der Waals surface area contributed by atoms with Crippen molar-refractivity contribution in [2.75, 3.05) is 17.9 Å². The summed E-state index contributed by atoms with van der Waals surface area (Å²) < 4.78 is 5.11. The molecule has 7 heteroatoms. The Morgan fingerprint density at radius 1 is 1.04 bits per heavy atom. The van der Waals surface area contributed by atoms with E-state index in [2.05, 4.69) is 32.8 Å². The minimum Gasteiger partial charge on any atom is -0.481 e. The number of anilines is 2. The van der Waals surface area contributed by atoms with Crippen molar-refractivity contribution in [3.63, 3.8) is 0 Å². The zero-order chi connectivity index (χ0) is 19.3. The van der Waals surface area contributed by atoms with Crippen LogP contribution in [-0.4, -0.2) is 22.1 Å². The molecule has 0 aliphatic heterocycles. The van der Waals surface area contributed by atoms with Gasteiger partial charge in [-0.2, -0.15) is 0 Å². The number of nitrogens with zero attached hydrogens (tertiary/aromatic N) is 3. The molecule has 4 aromatic rings. The van der Waals surface area contributed by atoms with Gasteiger partial charge in [-0.05, 0) is 42.0 Å². The highest BCUT2D eigenvalue weighted by Crippen LogP contribution is 2.26. The Morgan fingerprint density at radius 2 is 1.96 bits per heavy atom. The van der Waals surface area contributed by atoms with Crippen molar-refractivity contribution in [3.05, 3.63) is 72.6 Å². The van der Waals surface area contributed by atoms with Crippen molar-refractivity contribution < 1.29 is 4.74 Å². The van der Waals surface area contributed by atoms with Crippen molar-refractivity contribution in [1.82, 2.24) is 15.0 Å². The van der Waals surface area contributed by atoms with E-state index in [1.807, 2.05) is 42.5 Å². The van der Waals surface area contributed by atoms with Gasteiger partial charge in [0, 0.05) is 36.0 Å². The average molecular weight is 372 g/mol. The summed E-state index contributed by atoms with van der Waals surface area (Å²) in [5, 5.41) is 4.46. The van der Waals surface area contributed by atoms with E-state index in [-0.39, 0.29) is 0 Å². The lowest BCUT2D eigenvalue weighted by molar-refractivity contribution is 0.398. The van der Waals surface area contributed by atoms with Gasteiger partial charge in [0.2, 0.25) is 5.88 Å². The van der Waals surface area contributed by atoms with Crippen LogP contribution in [0, 0.1) is 0 Å². The van der Waals surface area contributed by atoms with E-state index in [1.54, 1.807) is 19.5 Å².